The standard InChI is InChI=1S/C25H25BrN2O3/c1-15-6-8-18-16(14-30-5)11-22(27-21(18)10-15)20-13-28(24(29)31-25(2,3)4)23-9-7-17(26)12-19(20)23/h6-13H,14H2,1-5H3. The molecule has 2 aromatic carbocycles. The van der Waals surface area contributed by atoms with E-state index < -0.39 is 11.7 Å². The van der Waals surface area contributed by atoms with Crippen LogP contribution in [-0.4, -0.2) is 28.4 Å². The molecule has 0 aliphatic rings. The van der Waals surface area contributed by atoms with Crippen molar-refractivity contribution in [3.8, 4) is 11.3 Å². The van der Waals surface area contributed by atoms with Gasteiger partial charge < -0.3 is 9.47 Å². The Morgan fingerprint density at radius 3 is 2.58 bits per heavy atom. The zero-order valence-corrected chi connectivity index (χ0v) is 19.9. The van der Waals surface area contributed by atoms with E-state index in [2.05, 4.69) is 41.1 Å². The van der Waals surface area contributed by atoms with Crippen molar-refractivity contribution in [3.05, 3.63) is 64.3 Å². The number of nitrogens with zero attached hydrogens (tertiary/aromatic N) is 2. The molecule has 0 bridgehead atoms. The number of aromatic nitrogens is 2. The molecule has 0 amide bonds. The number of fused-ring (bicyclic) bond motifs is 2. The molecule has 0 spiro atoms. The molecule has 2 heterocycles. The second-order valence-corrected chi connectivity index (χ2v) is 9.59. The molecule has 6 heteroatoms. The van der Waals surface area contributed by atoms with Crippen LogP contribution in [0.3, 0.4) is 0 Å². The summed E-state index contributed by atoms with van der Waals surface area (Å²) in [7, 11) is 1.69. The highest BCUT2D eigenvalue weighted by molar-refractivity contribution is 9.10. The van der Waals surface area contributed by atoms with Crippen molar-refractivity contribution in [1.29, 1.82) is 0 Å². The Labute approximate surface area is 190 Å². The molecule has 5 nitrogen and oxygen atoms in total. The van der Waals surface area contributed by atoms with E-state index in [1.165, 1.54) is 0 Å². The predicted molar refractivity (Wildman–Crippen MR) is 127 cm³/mol. The minimum atomic E-state index is -0.590. The lowest BCUT2D eigenvalue weighted by molar-refractivity contribution is 0.0544. The summed E-state index contributed by atoms with van der Waals surface area (Å²) in [4.78, 5) is 17.9. The third-order valence-corrected chi connectivity index (χ3v) is 5.48. The number of benzene rings is 2. The summed E-state index contributed by atoms with van der Waals surface area (Å²) < 4.78 is 13.6. The molecule has 31 heavy (non-hydrogen) atoms. The van der Waals surface area contributed by atoms with Gasteiger partial charge in [0.2, 0.25) is 0 Å². The van der Waals surface area contributed by atoms with Crippen molar-refractivity contribution in [2.45, 2.75) is 39.9 Å². The number of hydrogen-bond acceptors (Lipinski definition) is 4. The molecule has 0 saturated carbocycles. The summed E-state index contributed by atoms with van der Waals surface area (Å²) in [6, 6.07) is 14.1. The van der Waals surface area contributed by atoms with Crippen molar-refractivity contribution in [3.63, 3.8) is 0 Å². The molecule has 4 rings (SSSR count). The van der Waals surface area contributed by atoms with Crippen LogP contribution >= 0.6 is 15.9 Å². The molecule has 0 N–H and O–H groups in total. The first-order chi connectivity index (χ1) is 14.7. The van der Waals surface area contributed by atoms with Gasteiger partial charge in [0, 0.05) is 34.1 Å². The van der Waals surface area contributed by atoms with Crippen LogP contribution in [0.5, 0.6) is 0 Å². The first kappa shape index (κ1) is 21.5. The average Bonchev–Trinajstić information content (AvgIpc) is 3.05. The molecule has 0 atom stereocenters. The fraction of sp³-hybridized carbons (Fsp3) is 0.280. The summed E-state index contributed by atoms with van der Waals surface area (Å²) in [5.41, 5.74) is 4.92. The summed E-state index contributed by atoms with van der Waals surface area (Å²) in [6.45, 7) is 8.10. The number of halogens is 1. The molecule has 0 radical (unpaired) electrons. The van der Waals surface area contributed by atoms with E-state index in [1.54, 1.807) is 11.7 Å². The van der Waals surface area contributed by atoms with Crippen LogP contribution in [0.15, 0.2) is 53.1 Å². The topological polar surface area (TPSA) is 53.4 Å². The lowest BCUT2D eigenvalue weighted by atomic mass is 10.0. The van der Waals surface area contributed by atoms with Gasteiger partial charge in [-0.05, 0) is 69.2 Å². The van der Waals surface area contributed by atoms with E-state index in [1.807, 2.05) is 51.2 Å². The smallest absolute Gasteiger partial charge is 0.419 e. The lowest BCUT2D eigenvalue weighted by Gasteiger charge is -2.19. The molecule has 0 unspecified atom stereocenters. The third kappa shape index (κ3) is 4.36. The maximum absolute atomic E-state index is 12.9. The fourth-order valence-electron chi connectivity index (χ4n) is 3.69. The Bertz CT molecular complexity index is 1300. The predicted octanol–water partition coefficient (Wildman–Crippen LogP) is 6.86. The van der Waals surface area contributed by atoms with E-state index >= 15 is 0 Å². The van der Waals surface area contributed by atoms with Gasteiger partial charge in [0.05, 0.1) is 23.3 Å². The largest absolute Gasteiger partial charge is 0.443 e. The molecular weight excluding hydrogens is 456 g/mol. The maximum atomic E-state index is 12.9. The van der Waals surface area contributed by atoms with Crippen molar-refractivity contribution >= 4 is 43.8 Å². The van der Waals surface area contributed by atoms with Crippen LogP contribution in [0, 0.1) is 6.92 Å². The number of pyridine rings is 1. The van der Waals surface area contributed by atoms with E-state index in [-0.39, 0.29) is 0 Å². The third-order valence-electron chi connectivity index (χ3n) is 4.98. The quantitative estimate of drug-likeness (QED) is 0.321. The number of methoxy groups -OCH3 is 1. The minimum Gasteiger partial charge on any atom is -0.443 e. The first-order valence-electron chi connectivity index (χ1n) is 10.1. The number of carbonyl (C=O) groups is 1. The van der Waals surface area contributed by atoms with Crippen LogP contribution in [-0.2, 0) is 16.1 Å². The van der Waals surface area contributed by atoms with Crippen LogP contribution < -0.4 is 0 Å². The van der Waals surface area contributed by atoms with Gasteiger partial charge in [-0.3, -0.25) is 4.57 Å². The molecule has 0 aliphatic heterocycles. The molecule has 0 fully saturated rings. The van der Waals surface area contributed by atoms with Gasteiger partial charge in [-0.2, -0.15) is 0 Å². The monoisotopic (exact) mass is 480 g/mol. The number of ether oxygens (including phenoxy) is 2. The van der Waals surface area contributed by atoms with Gasteiger partial charge in [-0.25, -0.2) is 9.78 Å². The van der Waals surface area contributed by atoms with E-state index in [9.17, 15) is 4.79 Å². The Kier molecular flexibility index (Phi) is 5.62. The number of rotatable bonds is 3. The van der Waals surface area contributed by atoms with Crippen molar-refractivity contribution in [1.82, 2.24) is 9.55 Å². The second-order valence-electron chi connectivity index (χ2n) is 8.67. The second kappa shape index (κ2) is 8.09. The molecule has 0 saturated heterocycles. The van der Waals surface area contributed by atoms with Crippen molar-refractivity contribution in [2.24, 2.45) is 0 Å². The lowest BCUT2D eigenvalue weighted by Crippen LogP contribution is -2.26. The average molecular weight is 481 g/mol. The van der Waals surface area contributed by atoms with Gasteiger partial charge in [0.1, 0.15) is 5.60 Å². The number of carbonyl (C=O) groups excluding carboxylic acids is 1. The van der Waals surface area contributed by atoms with E-state index in [4.69, 9.17) is 14.5 Å². The van der Waals surface area contributed by atoms with Crippen LogP contribution in [0.25, 0.3) is 33.1 Å². The van der Waals surface area contributed by atoms with Crippen molar-refractivity contribution in [2.75, 3.05) is 7.11 Å². The zero-order valence-electron chi connectivity index (χ0n) is 18.3. The molecule has 160 valence electrons. The highest BCUT2D eigenvalue weighted by Crippen LogP contribution is 2.34. The zero-order chi connectivity index (χ0) is 22.3. The van der Waals surface area contributed by atoms with Crippen LogP contribution in [0.2, 0.25) is 0 Å². The Morgan fingerprint density at radius 2 is 1.87 bits per heavy atom. The molecule has 0 aliphatic carbocycles. The molecule has 2 aromatic heterocycles. The van der Waals surface area contributed by atoms with Gasteiger partial charge in [0.15, 0.2) is 0 Å². The van der Waals surface area contributed by atoms with E-state index in [0.29, 0.717) is 6.61 Å². The van der Waals surface area contributed by atoms with Gasteiger partial charge in [-0.15, -0.1) is 0 Å². The fourth-order valence-corrected chi connectivity index (χ4v) is 4.05. The van der Waals surface area contributed by atoms with Crippen LogP contribution in [0.4, 0.5) is 4.79 Å². The van der Waals surface area contributed by atoms with Gasteiger partial charge >= 0.3 is 6.09 Å². The van der Waals surface area contributed by atoms with Gasteiger partial charge in [0.25, 0.3) is 0 Å². The number of aryl methyl sites for hydroxylation is 1. The molecular formula is C25H25BrN2O3. The first-order valence-corrected chi connectivity index (χ1v) is 10.9. The van der Waals surface area contributed by atoms with Crippen LogP contribution in [0.1, 0.15) is 31.9 Å². The maximum Gasteiger partial charge on any atom is 0.419 e. The summed E-state index contributed by atoms with van der Waals surface area (Å²) in [5.74, 6) is 0. The summed E-state index contributed by atoms with van der Waals surface area (Å²) in [5, 5.41) is 1.98. The normalized spacial score (nSPS) is 11.9. The Balaban J connectivity index is 1.96. The highest BCUT2D eigenvalue weighted by Gasteiger charge is 2.22. The Morgan fingerprint density at radius 1 is 1.10 bits per heavy atom. The van der Waals surface area contributed by atoms with Gasteiger partial charge in [-0.1, -0.05) is 28.1 Å². The number of hydrogen-bond donors (Lipinski definition) is 0. The summed E-state index contributed by atoms with van der Waals surface area (Å²) in [6.07, 6.45) is 1.39. The summed E-state index contributed by atoms with van der Waals surface area (Å²) >= 11 is 3.56. The SMILES string of the molecule is COCc1cc(-c2cn(C(=O)OC(C)(C)C)c3ccc(Br)cc23)nc2cc(C)ccc12. The minimum absolute atomic E-state index is 0.417. The van der Waals surface area contributed by atoms with E-state index in [0.717, 1.165) is 48.7 Å². The highest BCUT2D eigenvalue weighted by atomic mass is 79.9. The molecule has 4 aromatic rings. The Hall–Kier alpha value is -2.70. The van der Waals surface area contributed by atoms with Crippen molar-refractivity contribution < 1.29 is 14.3 Å².